The van der Waals surface area contributed by atoms with E-state index in [0.717, 1.165) is 43.6 Å². The van der Waals surface area contributed by atoms with E-state index < -0.39 is 10.0 Å². The van der Waals surface area contributed by atoms with E-state index in [1.807, 2.05) is 25.1 Å². The Hall–Kier alpha value is -1.92. The predicted molar refractivity (Wildman–Crippen MR) is 100 cm³/mol. The maximum atomic E-state index is 12.6. The van der Waals surface area contributed by atoms with Crippen LogP contribution in [0.3, 0.4) is 0 Å². The van der Waals surface area contributed by atoms with Gasteiger partial charge in [0.1, 0.15) is 5.82 Å². The molecule has 0 aliphatic carbocycles. The fraction of sp³-hybridized carbons (Fsp3) is 0.421. The minimum Gasteiger partial charge on any atom is -0.303 e. The van der Waals surface area contributed by atoms with Crippen LogP contribution in [0.25, 0.3) is 0 Å². The van der Waals surface area contributed by atoms with Crippen LogP contribution in [0.5, 0.6) is 0 Å². The highest BCUT2D eigenvalue weighted by Gasteiger charge is 2.24. The number of pyridine rings is 1. The minimum atomic E-state index is -3.62. The molecule has 1 atom stereocenters. The summed E-state index contributed by atoms with van der Waals surface area (Å²) in [7, 11) is -3.62. The normalized spacial score (nSPS) is 18.4. The van der Waals surface area contributed by atoms with Crippen molar-refractivity contribution in [2.24, 2.45) is 0 Å². The highest BCUT2D eigenvalue weighted by molar-refractivity contribution is 7.92. The van der Waals surface area contributed by atoms with Crippen LogP contribution in [0.4, 0.5) is 5.82 Å². The van der Waals surface area contributed by atoms with Crippen molar-refractivity contribution in [2.75, 3.05) is 24.4 Å². The molecule has 0 spiro atoms. The van der Waals surface area contributed by atoms with E-state index >= 15 is 0 Å². The van der Waals surface area contributed by atoms with Gasteiger partial charge in [-0.2, -0.15) is 0 Å². The number of rotatable bonds is 6. The van der Waals surface area contributed by atoms with E-state index in [2.05, 4.69) is 21.5 Å². The van der Waals surface area contributed by atoms with Gasteiger partial charge in [-0.25, -0.2) is 13.4 Å². The van der Waals surface area contributed by atoms with E-state index in [1.165, 1.54) is 0 Å². The summed E-state index contributed by atoms with van der Waals surface area (Å²) in [6, 6.07) is 10.7. The lowest BCUT2D eigenvalue weighted by Gasteiger charge is -2.15. The van der Waals surface area contributed by atoms with Crippen LogP contribution >= 0.6 is 0 Å². The van der Waals surface area contributed by atoms with Crippen molar-refractivity contribution in [3.8, 4) is 0 Å². The van der Waals surface area contributed by atoms with Crippen molar-refractivity contribution in [1.29, 1.82) is 0 Å². The molecule has 1 aromatic carbocycles. The van der Waals surface area contributed by atoms with Crippen LogP contribution in [0, 0.1) is 6.92 Å². The summed E-state index contributed by atoms with van der Waals surface area (Å²) in [5.74, 6) is 0.824. The number of likely N-dealkylation sites (tertiary alicyclic amines) is 1. The Balaban J connectivity index is 1.76. The van der Waals surface area contributed by atoms with Crippen molar-refractivity contribution in [1.82, 2.24) is 9.88 Å². The van der Waals surface area contributed by atoms with Gasteiger partial charge in [0.15, 0.2) is 0 Å². The molecular formula is C19H25N3O2S. The summed E-state index contributed by atoms with van der Waals surface area (Å²) in [5.41, 5.74) is 2.06. The number of sulfonamides is 1. The molecule has 1 saturated heterocycles. The number of hydrogen-bond acceptors (Lipinski definition) is 4. The molecule has 1 aliphatic heterocycles. The molecule has 6 heteroatoms. The number of aryl methyl sites for hydroxylation is 1. The van der Waals surface area contributed by atoms with E-state index in [-0.39, 0.29) is 4.90 Å². The number of aromatic nitrogens is 1. The Bertz CT molecular complexity index is 836. The van der Waals surface area contributed by atoms with Crippen LogP contribution in [0.1, 0.15) is 36.8 Å². The Morgan fingerprint density at radius 3 is 2.88 bits per heavy atom. The Kier molecular flexibility index (Phi) is 5.39. The van der Waals surface area contributed by atoms with Gasteiger partial charge in [0.05, 0.1) is 4.90 Å². The maximum Gasteiger partial charge on any atom is 0.263 e. The molecule has 2 aromatic rings. The molecule has 1 fully saturated rings. The van der Waals surface area contributed by atoms with Gasteiger partial charge < -0.3 is 4.90 Å². The predicted octanol–water partition coefficient (Wildman–Crippen LogP) is 3.39. The molecular weight excluding hydrogens is 334 g/mol. The molecule has 0 saturated carbocycles. The Morgan fingerprint density at radius 1 is 1.28 bits per heavy atom. The number of hydrogen-bond donors (Lipinski definition) is 1. The third-order valence-corrected chi connectivity index (χ3v) is 5.96. The van der Waals surface area contributed by atoms with Crippen molar-refractivity contribution in [2.45, 2.75) is 37.5 Å². The topological polar surface area (TPSA) is 62.3 Å². The highest BCUT2D eigenvalue weighted by Crippen LogP contribution is 2.28. The summed E-state index contributed by atoms with van der Waals surface area (Å²) < 4.78 is 27.7. The van der Waals surface area contributed by atoms with E-state index in [0.29, 0.717) is 11.7 Å². The third-order valence-electron chi connectivity index (χ3n) is 4.61. The fourth-order valence-electron chi connectivity index (χ4n) is 3.36. The average Bonchev–Trinajstić information content (AvgIpc) is 3.04. The molecule has 0 radical (unpaired) electrons. The highest BCUT2D eigenvalue weighted by atomic mass is 32.2. The first kappa shape index (κ1) is 17.9. The largest absolute Gasteiger partial charge is 0.303 e. The van der Waals surface area contributed by atoms with E-state index in [4.69, 9.17) is 0 Å². The van der Waals surface area contributed by atoms with Crippen LogP contribution in [-0.2, 0) is 10.0 Å². The standard InChI is InChI=1S/C19H25N3O2S/c1-3-10-22-11-8-17(14-22)16-7-9-20-19(13-16)21-25(23,24)18-6-4-5-15(2)12-18/h4-7,9,12-13,17H,3,8,10-11,14H2,1-2H3,(H,20,21). The van der Waals surface area contributed by atoms with Gasteiger partial charge in [-0.15, -0.1) is 0 Å². The summed E-state index contributed by atoms with van der Waals surface area (Å²) in [6.45, 7) is 7.32. The second-order valence-corrected chi connectivity index (χ2v) is 8.37. The molecule has 2 heterocycles. The molecule has 0 bridgehead atoms. The van der Waals surface area contributed by atoms with Crippen molar-refractivity contribution < 1.29 is 8.42 Å². The number of benzene rings is 1. The lowest BCUT2D eigenvalue weighted by atomic mass is 10.00. The van der Waals surface area contributed by atoms with Crippen molar-refractivity contribution >= 4 is 15.8 Å². The van der Waals surface area contributed by atoms with E-state index in [1.54, 1.807) is 24.4 Å². The molecule has 1 unspecified atom stereocenters. The monoisotopic (exact) mass is 359 g/mol. The first-order chi connectivity index (χ1) is 12.0. The zero-order valence-corrected chi connectivity index (χ0v) is 15.6. The smallest absolute Gasteiger partial charge is 0.263 e. The molecule has 1 aliphatic rings. The van der Waals surface area contributed by atoms with Gasteiger partial charge in [0.25, 0.3) is 10.0 Å². The minimum absolute atomic E-state index is 0.259. The number of nitrogens with one attached hydrogen (secondary N) is 1. The second-order valence-electron chi connectivity index (χ2n) is 6.68. The Labute approximate surface area is 150 Å². The zero-order chi connectivity index (χ0) is 17.9. The lowest BCUT2D eigenvalue weighted by molar-refractivity contribution is 0.335. The van der Waals surface area contributed by atoms with Crippen LogP contribution in [0.2, 0.25) is 0 Å². The first-order valence-electron chi connectivity index (χ1n) is 8.76. The summed E-state index contributed by atoms with van der Waals surface area (Å²) in [5, 5.41) is 0. The Morgan fingerprint density at radius 2 is 2.12 bits per heavy atom. The van der Waals surface area contributed by atoms with Crippen molar-refractivity contribution in [3.63, 3.8) is 0 Å². The lowest BCUT2D eigenvalue weighted by Crippen LogP contribution is -2.21. The van der Waals surface area contributed by atoms with Gasteiger partial charge in [0, 0.05) is 12.7 Å². The summed E-state index contributed by atoms with van der Waals surface area (Å²) in [4.78, 5) is 6.91. The van der Waals surface area contributed by atoms with Gasteiger partial charge in [-0.3, -0.25) is 4.72 Å². The fourth-order valence-corrected chi connectivity index (χ4v) is 4.46. The summed E-state index contributed by atoms with van der Waals surface area (Å²) in [6.07, 6.45) is 3.95. The third kappa shape index (κ3) is 4.38. The second kappa shape index (κ2) is 7.54. The number of nitrogens with zero attached hydrogens (tertiary/aromatic N) is 2. The SMILES string of the molecule is CCCN1CCC(c2ccnc(NS(=O)(=O)c3cccc(C)c3)c2)C1. The van der Waals surface area contributed by atoms with Gasteiger partial charge in [-0.1, -0.05) is 19.1 Å². The number of anilines is 1. The quantitative estimate of drug-likeness (QED) is 0.859. The molecule has 5 nitrogen and oxygen atoms in total. The van der Waals surface area contributed by atoms with Gasteiger partial charge >= 0.3 is 0 Å². The van der Waals surface area contributed by atoms with Crippen LogP contribution < -0.4 is 4.72 Å². The molecule has 1 aromatic heterocycles. The van der Waals surface area contributed by atoms with Crippen molar-refractivity contribution in [3.05, 3.63) is 53.7 Å². The van der Waals surface area contributed by atoms with Gasteiger partial charge in [0.2, 0.25) is 0 Å². The maximum absolute atomic E-state index is 12.6. The molecule has 1 N–H and O–H groups in total. The summed E-state index contributed by atoms with van der Waals surface area (Å²) >= 11 is 0. The average molecular weight is 359 g/mol. The first-order valence-corrected chi connectivity index (χ1v) is 10.2. The van der Waals surface area contributed by atoms with E-state index in [9.17, 15) is 8.42 Å². The zero-order valence-electron chi connectivity index (χ0n) is 14.8. The molecule has 0 amide bonds. The molecule has 25 heavy (non-hydrogen) atoms. The van der Waals surface area contributed by atoms with Gasteiger partial charge in [-0.05, 0) is 74.2 Å². The van der Waals surface area contributed by atoms with Crippen LogP contribution in [0.15, 0.2) is 47.5 Å². The molecule has 134 valence electrons. The van der Waals surface area contributed by atoms with Crippen LogP contribution in [-0.4, -0.2) is 37.9 Å². The molecule has 3 rings (SSSR count).